The summed E-state index contributed by atoms with van der Waals surface area (Å²) in [7, 11) is 0. The lowest BCUT2D eigenvalue weighted by Crippen LogP contribution is -2.47. The molecule has 6 heteroatoms. The number of halogens is 1. The van der Waals surface area contributed by atoms with Crippen molar-refractivity contribution in [2.45, 2.75) is 45.3 Å². The van der Waals surface area contributed by atoms with Gasteiger partial charge in [0.05, 0.1) is 16.8 Å². The van der Waals surface area contributed by atoms with Crippen molar-refractivity contribution < 1.29 is 9.90 Å². The number of carbonyl (C=O) groups is 1. The average Bonchev–Trinajstić information content (AvgIpc) is 2.76. The maximum absolute atomic E-state index is 12.7. The molecule has 118 valence electrons. The number of aliphatic hydroxyl groups is 1. The molecule has 0 aromatic carbocycles. The van der Waals surface area contributed by atoms with Crippen LogP contribution >= 0.6 is 11.6 Å². The van der Waals surface area contributed by atoms with Crippen LogP contribution in [-0.4, -0.2) is 32.5 Å². The summed E-state index contributed by atoms with van der Waals surface area (Å²) in [6.45, 7) is 3.87. The van der Waals surface area contributed by atoms with Crippen LogP contribution in [0.1, 0.15) is 42.4 Å². The van der Waals surface area contributed by atoms with E-state index in [-0.39, 0.29) is 18.1 Å². The van der Waals surface area contributed by atoms with Gasteiger partial charge < -0.3 is 10.4 Å². The van der Waals surface area contributed by atoms with Crippen LogP contribution in [0.4, 0.5) is 0 Å². The number of fused-ring (bicyclic) bond motifs is 1. The van der Waals surface area contributed by atoms with Crippen LogP contribution in [0, 0.1) is 12.8 Å². The van der Waals surface area contributed by atoms with Crippen molar-refractivity contribution in [2.75, 3.05) is 0 Å². The molecule has 22 heavy (non-hydrogen) atoms. The highest BCUT2D eigenvalue weighted by atomic mass is 35.5. The third kappa shape index (κ3) is 2.71. The standard InChI is InChI=1S/C16H20ClN3O2/c1-3-13(10-6-12(21)7-10)19-16(22)15-9(2)18-14-5-4-11(17)8-20(14)15/h4-5,8,10,12-13,21H,3,6-7H2,1-2H3,(H,19,22). The van der Waals surface area contributed by atoms with E-state index < -0.39 is 0 Å². The Morgan fingerprint density at radius 1 is 1.55 bits per heavy atom. The summed E-state index contributed by atoms with van der Waals surface area (Å²) in [6.07, 6.45) is 3.86. The molecule has 3 rings (SSSR count). The lowest BCUT2D eigenvalue weighted by molar-refractivity contribution is 0.0232. The molecule has 0 saturated heterocycles. The topological polar surface area (TPSA) is 66.6 Å². The highest BCUT2D eigenvalue weighted by Gasteiger charge is 2.34. The minimum Gasteiger partial charge on any atom is -0.393 e. The van der Waals surface area contributed by atoms with Gasteiger partial charge in [-0.05, 0) is 44.2 Å². The number of pyridine rings is 1. The third-order valence-electron chi connectivity index (χ3n) is 4.45. The number of aliphatic hydroxyl groups excluding tert-OH is 1. The fourth-order valence-corrected chi connectivity index (χ4v) is 3.32. The zero-order valence-electron chi connectivity index (χ0n) is 12.7. The Kier molecular flexibility index (Phi) is 4.10. The number of nitrogens with one attached hydrogen (secondary N) is 1. The quantitative estimate of drug-likeness (QED) is 0.909. The SMILES string of the molecule is CCC(NC(=O)c1c(C)nc2ccc(Cl)cn12)C1CC(O)C1. The summed E-state index contributed by atoms with van der Waals surface area (Å²) in [6, 6.07) is 3.64. The van der Waals surface area contributed by atoms with Crippen LogP contribution in [0.2, 0.25) is 5.02 Å². The maximum Gasteiger partial charge on any atom is 0.270 e. The summed E-state index contributed by atoms with van der Waals surface area (Å²) in [5.74, 6) is 0.215. The van der Waals surface area contributed by atoms with Crippen LogP contribution in [0.25, 0.3) is 5.65 Å². The van der Waals surface area contributed by atoms with Gasteiger partial charge in [0.2, 0.25) is 0 Å². The number of nitrogens with zero attached hydrogens (tertiary/aromatic N) is 2. The zero-order chi connectivity index (χ0) is 15.9. The predicted molar refractivity (Wildman–Crippen MR) is 85.2 cm³/mol. The van der Waals surface area contributed by atoms with E-state index >= 15 is 0 Å². The molecule has 2 heterocycles. The molecule has 1 saturated carbocycles. The second-order valence-electron chi connectivity index (χ2n) is 5.99. The van der Waals surface area contributed by atoms with Gasteiger partial charge in [0, 0.05) is 12.2 Å². The van der Waals surface area contributed by atoms with Crippen molar-refractivity contribution >= 4 is 23.2 Å². The van der Waals surface area contributed by atoms with Gasteiger partial charge >= 0.3 is 0 Å². The van der Waals surface area contributed by atoms with Crippen LogP contribution in [0.15, 0.2) is 18.3 Å². The summed E-state index contributed by atoms with van der Waals surface area (Å²) >= 11 is 6.03. The largest absolute Gasteiger partial charge is 0.393 e. The Morgan fingerprint density at radius 3 is 2.91 bits per heavy atom. The monoisotopic (exact) mass is 321 g/mol. The van der Waals surface area contributed by atoms with Crippen molar-refractivity contribution in [3.63, 3.8) is 0 Å². The molecule has 1 aliphatic rings. The molecule has 0 radical (unpaired) electrons. The Morgan fingerprint density at radius 2 is 2.27 bits per heavy atom. The molecule has 1 amide bonds. The summed E-state index contributed by atoms with van der Waals surface area (Å²) in [4.78, 5) is 17.1. The van der Waals surface area contributed by atoms with Crippen molar-refractivity contribution in [3.05, 3.63) is 34.7 Å². The highest BCUT2D eigenvalue weighted by Crippen LogP contribution is 2.31. The molecule has 5 nitrogen and oxygen atoms in total. The Labute approximate surface area is 134 Å². The number of hydrogen-bond acceptors (Lipinski definition) is 3. The van der Waals surface area contributed by atoms with Crippen molar-refractivity contribution in [3.8, 4) is 0 Å². The molecule has 2 N–H and O–H groups in total. The Hall–Kier alpha value is -1.59. The number of amides is 1. The second kappa shape index (κ2) is 5.89. The van der Waals surface area contributed by atoms with Crippen LogP contribution in [0.3, 0.4) is 0 Å². The molecule has 1 unspecified atom stereocenters. The summed E-state index contributed by atoms with van der Waals surface area (Å²) < 4.78 is 1.73. The first-order valence-electron chi connectivity index (χ1n) is 7.62. The molecular weight excluding hydrogens is 302 g/mol. The van der Waals surface area contributed by atoms with E-state index in [1.807, 2.05) is 13.8 Å². The molecule has 1 fully saturated rings. The molecular formula is C16H20ClN3O2. The van der Waals surface area contributed by atoms with E-state index in [0.717, 1.165) is 19.3 Å². The lowest BCUT2D eigenvalue weighted by Gasteiger charge is -2.37. The molecule has 2 aromatic heterocycles. The maximum atomic E-state index is 12.7. The van der Waals surface area contributed by atoms with E-state index in [1.54, 1.807) is 22.7 Å². The number of imidazole rings is 1. The fourth-order valence-electron chi connectivity index (χ4n) is 3.16. The van der Waals surface area contributed by atoms with Gasteiger partial charge in [-0.2, -0.15) is 0 Å². The molecule has 1 atom stereocenters. The van der Waals surface area contributed by atoms with Gasteiger partial charge in [-0.25, -0.2) is 4.98 Å². The van der Waals surface area contributed by atoms with Crippen molar-refractivity contribution in [1.82, 2.24) is 14.7 Å². The van der Waals surface area contributed by atoms with Gasteiger partial charge in [-0.15, -0.1) is 0 Å². The van der Waals surface area contributed by atoms with E-state index in [1.165, 1.54) is 0 Å². The van der Waals surface area contributed by atoms with Crippen LogP contribution < -0.4 is 5.32 Å². The summed E-state index contributed by atoms with van der Waals surface area (Å²) in [5, 5.41) is 13.1. The molecule has 0 spiro atoms. The minimum absolute atomic E-state index is 0.0834. The van der Waals surface area contributed by atoms with Gasteiger partial charge in [0.25, 0.3) is 5.91 Å². The number of rotatable bonds is 4. The number of hydrogen-bond donors (Lipinski definition) is 2. The normalized spacial score (nSPS) is 22.4. The molecule has 1 aliphatic carbocycles. The second-order valence-corrected chi connectivity index (χ2v) is 6.43. The molecule has 0 aliphatic heterocycles. The van der Waals surface area contributed by atoms with E-state index in [9.17, 15) is 9.90 Å². The van der Waals surface area contributed by atoms with Crippen molar-refractivity contribution in [2.24, 2.45) is 5.92 Å². The van der Waals surface area contributed by atoms with Gasteiger partial charge in [-0.1, -0.05) is 18.5 Å². The third-order valence-corrected chi connectivity index (χ3v) is 4.67. The first-order valence-corrected chi connectivity index (χ1v) is 8.00. The van der Waals surface area contributed by atoms with Crippen molar-refractivity contribution in [1.29, 1.82) is 0 Å². The van der Waals surface area contributed by atoms with Gasteiger partial charge in [-0.3, -0.25) is 9.20 Å². The van der Waals surface area contributed by atoms with Crippen LogP contribution in [0.5, 0.6) is 0 Å². The zero-order valence-corrected chi connectivity index (χ0v) is 13.5. The smallest absolute Gasteiger partial charge is 0.270 e. The molecule has 2 aromatic rings. The lowest BCUT2D eigenvalue weighted by atomic mass is 9.76. The first kappa shape index (κ1) is 15.3. The summed E-state index contributed by atoms with van der Waals surface area (Å²) in [5.41, 5.74) is 1.92. The number of aromatic nitrogens is 2. The predicted octanol–water partition coefficient (Wildman–Crippen LogP) is 2.58. The minimum atomic E-state index is -0.215. The Bertz CT molecular complexity index is 707. The fraction of sp³-hybridized carbons (Fsp3) is 0.500. The number of carbonyl (C=O) groups excluding carboxylic acids is 1. The van der Waals surface area contributed by atoms with E-state index in [2.05, 4.69) is 10.3 Å². The number of aryl methyl sites for hydroxylation is 1. The Balaban J connectivity index is 1.85. The highest BCUT2D eigenvalue weighted by molar-refractivity contribution is 6.30. The van der Waals surface area contributed by atoms with E-state index in [4.69, 9.17) is 11.6 Å². The van der Waals surface area contributed by atoms with Gasteiger partial charge in [0.15, 0.2) is 0 Å². The average molecular weight is 322 g/mol. The van der Waals surface area contributed by atoms with Gasteiger partial charge in [0.1, 0.15) is 11.3 Å². The first-order chi connectivity index (χ1) is 10.5. The molecule has 0 bridgehead atoms. The van der Waals surface area contributed by atoms with E-state index in [0.29, 0.717) is 28.0 Å². The van der Waals surface area contributed by atoms with Crippen LogP contribution in [-0.2, 0) is 0 Å².